The highest BCUT2D eigenvalue weighted by molar-refractivity contribution is 5.96. The molecule has 0 fully saturated rings. The molecule has 110 valence electrons. The van der Waals surface area contributed by atoms with E-state index in [0.29, 0.717) is 12.1 Å². The summed E-state index contributed by atoms with van der Waals surface area (Å²) in [6.45, 7) is 1.95. The first kappa shape index (κ1) is 14.1. The predicted molar refractivity (Wildman–Crippen MR) is 91.9 cm³/mol. The van der Waals surface area contributed by atoms with Crippen molar-refractivity contribution in [3.8, 4) is 0 Å². The zero-order chi connectivity index (χ0) is 15.5. The second-order valence-electron chi connectivity index (χ2n) is 5.44. The number of benzene rings is 3. The number of carbonyl (C=O) groups excluding carboxylic acids is 1. The number of nitrogens with one attached hydrogen (secondary N) is 1. The highest BCUT2D eigenvalue weighted by Crippen LogP contribution is 2.21. The summed E-state index contributed by atoms with van der Waals surface area (Å²) >= 11 is 0. The second-order valence-corrected chi connectivity index (χ2v) is 5.44. The van der Waals surface area contributed by atoms with Gasteiger partial charge in [-0.25, -0.2) is 0 Å². The van der Waals surface area contributed by atoms with Crippen molar-refractivity contribution in [3.63, 3.8) is 0 Å². The van der Waals surface area contributed by atoms with Crippen molar-refractivity contribution in [2.24, 2.45) is 0 Å². The van der Waals surface area contributed by atoms with Crippen LogP contribution in [-0.4, -0.2) is 5.91 Å². The van der Waals surface area contributed by atoms with Gasteiger partial charge >= 0.3 is 0 Å². The average Bonchev–Trinajstić information content (AvgIpc) is 2.51. The van der Waals surface area contributed by atoms with Gasteiger partial charge in [-0.3, -0.25) is 4.79 Å². The van der Waals surface area contributed by atoms with Crippen LogP contribution in [0.15, 0.2) is 60.7 Å². The number of amides is 1. The summed E-state index contributed by atoms with van der Waals surface area (Å²) in [6, 6.07) is 19.6. The molecular weight excluding hydrogens is 272 g/mol. The largest absolute Gasteiger partial charge is 0.399 e. The van der Waals surface area contributed by atoms with E-state index in [4.69, 9.17) is 5.73 Å². The Hall–Kier alpha value is -2.81. The predicted octanol–water partition coefficient (Wildman–Crippen LogP) is 3.91. The molecule has 0 saturated heterocycles. The van der Waals surface area contributed by atoms with Gasteiger partial charge in [0.05, 0.1) is 6.42 Å². The summed E-state index contributed by atoms with van der Waals surface area (Å²) in [6.07, 6.45) is 0.343. The molecule has 3 nitrogen and oxygen atoms in total. The number of aryl methyl sites for hydroxylation is 1. The van der Waals surface area contributed by atoms with E-state index < -0.39 is 0 Å². The minimum Gasteiger partial charge on any atom is -0.399 e. The Labute approximate surface area is 129 Å². The van der Waals surface area contributed by atoms with Crippen molar-refractivity contribution in [1.29, 1.82) is 0 Å². The van der Waals surface area contributed by atoms with Gasteiger partial charge in [0.25, 0.3) is 0 Å². The molecule has 0 saturated carbocycles. The van der Waals surface area contributed by atoms with Crippen LogP contribution in [0.3, 0.4) is 0 Å². The monoisotopic (exact) mass is 290 g/mol. The van der Waals surface area contributed by atoms with Gasteiger partial charge in [-0.15, -0.1) is 0 Å². The number of nitrogen functional groups attached to an aromatic ring is 1. The summed E-state index contributed by atoms with van der Waals surface area (Å²) in [5.41, 5.74) is 9.22. The van der Waals surface area contributed by atoms with E-state index >= 15 is 0 Å². The molecule has 0 spiro atoms. The number of carbonyl (C=O) groups is 1. The maximum absolute atomic E-state index is 12.3. The van der Waals surface area contributed by atoms with Crippen LogP contribution in [0.5, 0.6) is 0 Å². The maximum Gasteiger partial charge on any atom is 0.228 e. The Balaban J connectivity index is 1.83. The van der Waals surface area contributed by atoms with Crippen molar-refractivity contribution >= 4 is 28.1 Å². The van der Waals surface area contributed by atoms with E-state index in [-0.39, 0.29) is 5.91 Å². The van der Waals surface area contributed by atoms with Gasteiger partial charge in [-0.1, -0.05) is 48.5 Å². The van der Waals surface area contributed by atoms with E-state index in [0.717, 1.165) is 27.6 Å². The Bertz CT molecular complexity index is 834. The Morgan fingerprint density at radius 1 is 1.05 bits per heavy atom. The van der Waals surface area contributed by atoms with Crippen LogP contribution >= 0.6 is 0 Å². The van der Waals surface area contributed by atoms with Gasteiger partial charge in [0.2, 0.25) is 5.91 Å². The minimum absolute atomic E-state index is 0.0370. The first-order valence-electron chi connectivity index (χ1n) is 7.26. The Morgan fingerprint density at radius 3 is 2.68 bits per heavy atom. The number of nitrogens with two attached hydrogens (primary N) is 1. The molecular formula is C19H18N2O. The molecule has 0 aromatic heterocycles. The minimum atomic E-state index is -0.0370. The van der Waals surface area contributed by atoms with Gasteiger partial charge < -0.3 is 11.1 Å². The average molecular weight is 290 g/mol. The van der Waals surface area contributed by atoms with E-state index in [1.165, 1.54) is 0 Å². The summed E-state index contributed by atoms with van der Waals surface area (Å²) in [5.74, 6) is -0.0370. The third-order valence-electron chi connectivity index (χ3n) is 3.77. The maximum atomic E-state index is 12.3. The zero-order valence-electron chi connectivity index (χ0n) is 12.5. The highest BCUT2D eigenvalue weighted by Gasteiger charge is 2.08. The van der Waals surface area contributed by atoms with Gasteiger partial charge in [0.1, 0.15) is 0 Å². The van der Waals surface area contributed by atoms with Crippen LogP contribution in [0.4, 0.5) is 11.4 Å². The molecule has 3 N–H and O–H groups in total. The van der Waals surface area contributed by atoms with Crippen molar-refractivity contribution < 1.29 is 4.79 Å². The van der Waals surface area contributed by atoms with Crippen LogP contribution < -0.4 is 11.1 Å². The molecule has 0 unspecified atom stereocenters. The standard InChI is InChI=1S/C19H18N2O/c1-13-9-10-16(20)12-18(13)21-19(22)11-15-7-4-6-14-5-2-3-8-17(14)15/h2-10,12H,11,20H2,1H3,(H,21,22). The van der Waals surface area contributed by atoms with Crippen LogP contribution in [-0.2, 0) is 11.2 Å². The smallest absolute Gasteiger partial charge is 0.228 e. The van der Waals surface area contributed by atoms with Crippen LogP contribution in [0.2, 0.25) is 0 Å². The van der Waals surface area contributed by atoms with E-state index in [2.05, 4.69) is 17.4 Å². The summed E-state index contributed by atoms with van der Waals surface area (Å²) in [4.78, 5) is 12.3. The lowest BCUT2D eigenvalue weighted by atomic mass is 10.0. The first-order valence-corrected chi connectivity index (χ1v) is 7.26. The van der Waals surface area contributed by atoms with Gasteiger partial charge in [0, 0.05) is 11.4 Å². The molecule has 0 radical (unpaired) electrons. The fourth-order valence-corrected chi connectivity index (χ4v) is 2.59. The lowest BCUT2D eigenvalue weighted by molar-refractivity contribution is -0.115. The number of hydrogen-bond acceptors (Lipinski definition) is 2. The first-order chi connectivity index (χ1) is 10.6. The number of fused-ring (bicyclic) bond motifs is 1. The van der Waals surface area contributed by atoms with Crippen LogP contribution in [0.1, 0.15) is 11.1 Å². The van der Waals surface area contributed by atoms with Crippen LogP contribution in [0.25, 0.3) is 10.8 Å². The van der Waals surface area contributed by atoms with E-state index in [1.807, 2.05) is 49.4 Å². The molecule has 3 aromatic rings. The van der Waals surface area contributed by atoms with Crippen LogP contribution in [0, 0.1) is 6.92 Å². The molecule has 3 rings (SSSR count). The molecule has 0 aliphatic carbocycles. The van der Waals surface area contributed by atoms with Gasteiger partial charge in [0.15, 0.2) is 0 Å². The third-order valence-corrected chi connectivity index (χ3v) is 3.77. The molecule has 1 amide bonds. The lowest BCUT2D eigenvalue weighted by Gasteiger charge is -2.10. The normalized spacial score (nSPS) is 10.6. The fourth-order valence-electron chi connectivity index (χ4n) is 2.59. The zero-order valence-corrected chi connectivity index (χ0v) is 12.5. The molecule has 0 aliphatic heterocycles. The molecule has 0 heterocycles. The Kier molecular flexibility index (Phi) is 3.79. The molecule has 22 heavy (non-hydrogen) atoms. The summed E-state index contributed by atoms with van der Waals surface area (Å²) < 4.78 is 0. The van der Waals surface area contributed by atoms with Crippen molar-refractivity contribution in [2.45, 2.75) is 13.3 Å². The van der Waals surface area contributed by atoms with E-state index in [1.54, 1.807) is 6.07 Å². The number of hydrogen-bond donors (Lipinski definition) is 2. The van der Waals surface area contributed by atoms with E-state index in [9.17, 15) is 4.79 Å². The van der Waals surface area contributed by atoms with Crippen molar-refractivity contribution in [3.05, 3.63) is 71.8 Å². The summed E-state index contributed by atoms with van der Waals surface area (Å²) in [5, 5.41) is 5.21. The van der Waals surface area contributed by atoms with Gasteiger partial charge in [-0.05, 0) is 41.0 Å². The SMILES string of the molecule is Cc1ccc(N)cc1NC(=O)Cc1cccc2ccccc12. The quantitative estimate of drug-likeness (QED) is 0.718. The van der Waals surface area contributed by atoms with Crippen molar-refractivity contribution in [2.75, 3.05) is 11.1 Å². The number of rotatable bonds is 3. The molecule has 0 aliphatic rings. The third kappa shape index (κ3) is 2.93. The molecule has 3 aromatic carbocycles. The summed E-state index contributed by atoms with van der Waals surface area (Å²) in [7, 11) is 0. The topological polar surface area (TPSA) is 55.1 Å². The molecule has 0 atom stereocenters. The molecule has 0 bridgehead atoms. The van der Waals surface area contributed by atoms with Gasteiger partial charge in [-0.2, -0.15) is 0 Å². The molecule has 3 heteroatoms. The fraction of sp³-hybridized carbons (Fsp3) is 0.105. The lowest BCUT2D eigenvalue weighted by Crippen LogP contribution is -2.15. The van der Waals surface area contributed by atoms with Crippen molar-refractivity contribution in [1.82, 2.24) is 0 Å². The number of anilines is 2. The second kappa shape index (κ2) is 5.90. The highest BCUT2D eigenvalue weighted by atomic mass is 16.1. The Morgan fingerprint density at radius 2 is 1.82 bits per heavy atom.